The maximum Gasteiger partial charge on any atom is 0.323 e. The molecule has 1 N–H and O–H groups in total. The van der Waals surface area contributed by atoms with Crippen LogP contribution in [-0.4, -0.2) is 80.4 Å². The van der Waals surface area contributed by atoms with Crippen LogP contribution in [0.15, 0.2) is 0 Å². The minimum absolute atomic E-state index is 0.197. The van der Waals surface area contributed by atoms with E-state index in [4.69, 9.17) is 9.84 Å². The van der Waals surface area contributed by atoms with Crippen molar-refractivity contribution < 1.29 is 29.0 Å². The third kappa shape index (κ3) is 7.57. The second-order valence-electron chi connectivity index (χ2n) is 4.19. The monoisotopic (exact) mass is 290 g/mol. The second-order valence-corrected chi connectivity index (χ2v) is 4.19. The Kier molecular flexibility index (Phi) is 9.10. The zero-order valence-corrected chi connectivity index (χ0v) is 12.1. The molecule has 0 aliphatic carbocycles. The van der Waals surface area contributed by atoms with Crippen LogP contribution in [0.2, 0.25) is 0 Å². The van der Waals surface area contributed by atoms with Gasteiger partial charge in [-0.2, -0.15) is 0 Å². The average molecular weight is 290 g/mol. The Balaban J connectivity index is 4.31. The minimum atomic E-state index is -1.09. The van der Waals surface area contributed by atoms with Crippen molar-refractivity contribution in [3.63, 3.8) is 0 Å². The molecular formula is C12H22N2O6. The van der Waals surface area contributed by atoms with Crippen LogP contribution >= 0.6 is 0 Å². The van der Waals surface area contributed by atoms with Crippen molar-refractivity contribution in [3.8, 4) is 0 Å². The highest BCUT2D eigenvalue weighted by atomic mass is 16.5. The lowest BCUT2D eigenvalue weighted by atomic mass is 10.3. The predicted octanol–water partition coefficient (Wildman–Crippen LogP) is 0.0244. The molecule has 0 radical (unpaired) electrons. The lowest BCUT2D eigenvalue weighted by Gasteiger charge is -2.26. The van der Waals surface area contributed by atoms with E-state index in [1.165, 1.54) is 24.0 Å². The van der Waals surface area contributed by atoms with Gasteiger partial charge in [0.05, 0.1) is 13.7 Å². The summed E-state index contributed by atoms with van der Waals surface area (Å²) in [6, 6.07) is -0.408. The van der Waals surface area contributed by atoms with Gasteiger partial charge in [-0.3, -0.25) is 9.59 Å². The third-order valence-corrected chi connectivity index (χ3v) is 2.59. The number of methoxy groups -OCH3 is 2. The number of hydrogen-bond donors (Lipinski definition) is 1. The summed E-state index contributed by atoms with van der Waals surface area (Å²) in [6.45, 7) is 0.415. The molecule has 8 heteroatoms. The number of amides is 2. The minimum Gasteiger partial charge on any atom is -0.480 e. The van der Waals surface area contributed by atoms with Crippen molar-refractivity contribution in [2.45, 2.75) is 12.8 Å². The molecule has 0 aromatic carbocycles. The summed E-state index contributed by atoms with van der Waals surface area (Å²) < 4.78 is 9.34. The molecule has 0 atom stereocenters. The maximum absolute atomic E-state index is 12.0. The Morgan fingerprint density at radius 1 is 1.15 bits per heavy atom. The Hall–Kier alpha value is -1.83. The van der Waals surface area contributed by atoms with Gasteiger partial charge in [0.15, 0.2) is 0 Å². The van der Waals surface area contributed by atoms with E-state index in [1.54, 1.807) is 7.05 Å². The van der Waals surface area contributed by atoms with E-state index in [-0.39, 0.29) is 32.1 Å². The number of hydrogen-bond acceptors (Lipinski definition) is 5. The van der Waals surface area contributed by atoms with Gasteiger partial charge in [-0.25, -0.2) is 4.79 Å². The maximum atomic E-state index is 12.0. The summed E-state index contributed by atoms with van der Waals surface area (Å²) in [5.74, 6) is -1.43. The van der Waals surface area contributed by atoms with Gasteiger partial charge in [-0.15, -0.1) is 0 Å². The molecule has 8 nitrogen and oxygen atoms in total. The molecule has 0 fully saturated rings. The van der Waals surface area contributed by atoms with E-state index in [9.17, 15) is 14.4 Å². The molecule has 0 aliphatic rings. The van der Waals surface area contributed by atoms with Crippen LogP contribution in [0.3, 0.4) is 0 Å². The van der Waals surface area contributed by atoms with E-state index in [2.05, 4.69) is 4.74 Å². The number of ether oxygens (including phenoxy) is 2. The fraction of sp³-hybridized carbons (Fsp3) is 0.750. The van der Waals surface area contributed by atoms with E-state index in [1.807, 2.05) is 0 Å². The molecule has 0 rings (SSSR count). The number of rotatable bonds is 9. The first-order chi connectivity index (χ1) is 9.42. The number of aliphatic carboxylic acids is 1. The van der Waals surface area contributed by atoms with Crippen molar-refractivity contribution in [2.24, 2.45) is 0 Å². The number of esters is 1. The van der Waals surface area contributed by atoms with E-state index in [0.29, 0.717) is 13.0 Å². The first-order valence-corrected chi connectivity index (χ1v) is 6.20. The molecule has 0 saturated carbocycles. The molecular weight excluding hydrogens is 268 g/mol. The summed E-state index contributed by atoms with van der Waals surface area (Å²) in [5.41, 5.74) is 0. The molecule has 0 unspecified atom stereocenters. The standard InChI is InChI=1S/C12H22N2O6/c1-13(6-4-5-11(17)20-3)12(18)14(7-8-19-2)9-10(15)16/h4-9H2,1-3H3,(H,15,16). The summed E-state index contributed by atoms with van der Waals surface area (Å²) >= 11 is 0. The fourth-order valence-electron chi connectivity index (χ4n) is 1.51. The number of carbonyl (C=O) groups is 3. The zero-order valence-electron chi connectivity index (χ0n) is 12.1. The van der Waals surface area contributed by atoms with Gasteiger partial charge in [-0.1, -0.05) is 0 Å². The van der Waals surface area contributed by atoms with Crippen LogP contribution in [0, 0.1) is 0 Å². The van der Waals surface area contributed by atoms with Crippen molar-refractivity contribution in [3.05, 3.63) is 0 Å². The molecule has 0 heterocycles. The first kappa shape index (κ1) is 18.2. The molecule has 20 heavy (non-hydrogen) atoms. The van der Waals surface area contributed by atoms with Gasteiger partial charge in [0, 0.05) is 33.7 Å². The Bertz CT molecular complexity index is 334. The SMILES string of the molecule is COCCN(CC(=O)O)C(=O)N(C)CCCC(=O)OC. The number of urea groups is 1. The summed E-state index contributed by atoms with van der Waals surface area (Å²) in [6.07, 6.45) is 0.672. The number of carbonyl (C=O) groups excluding carboxylic acids is 2. The molecule has 0 aromatic heterocycles. The highest BCUT2D eigenvalue weighted by molar-refractivity contribution is 5.80. The number of nitrogens with zero attached hydrogens (tertiary/aromatic N) is 2. The molecule has 2 amide bonds. The molecule has 0 saturated heterocycles. The Morgan fingerprint density at radius 2 is 1.80 bits per heavy atom. The average Bonchev–Trinajstić information content (AvgIpc) is 2.41. The van der Waals surface area contributed by atoms with Crippen molar-refractivity contribution in [1.29, 1.82) is 0 Å². The van der Waals surface area contributed by atoms with Gasteiger partial charge in [-0.05, 0) is 6.42 Å². The molecule has 0 bridgehead atoms. The van der Waals surface area contributed by atoms with Gasteiger partial charge in [0.1, 0.15) is 6.54 Å². The molecule has 0 aliphatic heterocycles. The van der Waals surface area contributed by atoms with Crippen molar-refractivity contribution >= 4 is 18.0 Å². The normalized spacial score (nSPS) is 9.95. The third-order valence-electron chi connectivity index (χ3n) is 2.59. The number of carboxylic acids is 1. The largest absolute Gasteiger partial charge is 0.480 e. The highest BCUT2D eigenvalue weighted by Crippen LogP contribution is 2.01. The van der Waals surface area contributed by atoms with Crippen molar-refractivity contribution in [1.82, 2.24) is 9.80 Å². The van der Waals surface area contributed by atoms with Gasteiger partial charge < -0.3 is 24.4 Å². The molecule has 0 spiro atoms. The van der Waals surface area contributed by atoms with Crippen LogP contribution < -0.4 is 0 Å². The quantitative estimate of drug-likeness (QED) is 0.602. The van der Waals surface area contributed by atoms with Crippen LogP contribution in [-0.2, 0) is 19.1 Å². The van der Waals surface area contributed by atoms with Crippen LogP contribution in [0.5, 0.6) is 0 Å². The lowest BCUT2D eigenvalue weighted by molar-refractivity contribution is -0.140. The summed E-state index contributed by atoms with van der Waals surface area (Å²) in [4.78, 5) is 36.3. The Labute approximate surface area is 118 Å². The van der Waals surface area contributed by atoms with Crippen LogP contribution in [0.1, 0.15) is 12.8 Å². The van der Waals surface area contributed by atoms with E-state index < -0.39 is 12.0 Å². The van der Waals surface area contributed by atoms with E-state index >= 15 is 0 Å². The zero-order chi connectivity index (χ0) is 15.5. The summed E-state index contributed by atoms with van der Waals surface area (Å²) in [7, 11) is 4.33. The highest BCUT2D eigenvalue weighted by Gasteiger charge is 2.20. The number of carboxylic acid groups (broad SMARTS) is 1. The van der Waals surface area contributed by atoms with Gasteiger partial charge >= 0.3 is 18.0 Å². The first-order valence-electron chi connectivity index (χ1n) is 6.20. The fourth-order valence-corrected chi connectivity index (χ4v) is 1.51. The lowest BCUT2D eigenvalue weighted by Crippen LogP contribution is -2.45. The predicted molar refractivity (Wildman–Crippen MR) is 70.4 cm³/mol. The van der Waals surface area contributed by atoms with Crippen molar-refractivity contribution in [2.75, 3.05) is 47.5 Å². The summed E-state index contributed by atoms with van der Waals surface area (Å²) in [5, 5.41) is 8.78. The van der Waals surface area contributed by atoms with Gasteiger partial charge in [0.2, 0.25) is 0 Å². The molecule has 116 valence electrons. The Morgan fingerprint density at radius 3 is 2.30 bits per heavy atom. The van der Waals surface area contributed by atoms with Crippen LogP contribution in [0.4, 0.5) is 4.79 Å². The van der Waals surface area contributed by atoms with Gasteiger partial charge in [0.25, 0.3) is 0 Å². The smallest absolute Gasteiger partial charge is 0.323 e. The molecule has 0 aromatic rings. The topological polar surface area (TPSA) is 96.4 Å². The second kappa shape index (κ2) is 10.0. The van der Waals surface area contributed by atoms with Crippen LogP contribution in [0.25, 0.3) is 0 Å². The van der Waals surface area contributed by atoms with E-state index in [0.717, 1.165) is 0 Å².